The first-order valence-electron chi connectivity index (χ1n) is 9.56. The topological polar surface area (TPSA) is 12.0 Å². The van der Waals surface area contributed by atoms with Crippen molar-refractivity contribution in [3.8, 4) is 11.1 Å². The van der Waals surface area contributed by atoms with E-state index in [0.29, 0.717) is 0 Å². The summed E-state index contributed by atoms with van der Waals surface area (Å²) in [4.78, 5) is 0. The molecule has 0 amide bonds. The van der Waals surface area contributed by atoms with Crippen molar-refractivity contribution in [2.24, 2.45) is 0 Å². The molecule has 1 N–H and O–H groups in total. The van der Waals surface area contributed by atoms with E-state index in [-0.39, 0.29) is 11.2 Å². The Morgan fingerprint density at radius 3 is 2.18 bits per heavy atom. The highest BCUT2D eigenvalue weighted by Crippen LogP contribution is 2.32. The predicted octanol–water partition coefficient (Wildman–Crippen LogP) is 7.69. The van der Waals surface area contributed by atoms with Gasteiger partial charge in [0, 0.05) is 11.4 Å². The summed E-state index contributed by atoms with van der Waals surface area (Å²) >= 11 is 0. The van der Waals surface area contributed by atoms with Gasteiger partial charge in [0.05, 0.1) is 0 Å². The SMILES string of the molecule is CC(C)(C)c1ccc(Nc2cc(F)cc(-c3cccc4ccccc34)c2)cc1. The minimum absolute atomic E-state index is 0.110. The Bertz CT molecular complexity index is 1120. The molecule has 0 aliphatic heterocycles. The van der Waals surface area contributed by atoms with E-state index in [1.54, 1.807) is 6.07 Å². The minimum Gasteiger partial charge on any atom is -0.355 e. The fraction of sp³-hybridized carbons (Fsp3) is 0.154. The van der Waals surface area contributed by atoms with Crippen LogP contribution in [0.2, 0.25) is 0 Å². The van der Waals surface area contributed by atoms with Crippen LogP contribution in [0.15, 0.2) is 84.9 Å². The van der Waals surface area contributed by atoms with E-state index in [1.165, 1.54) is 11.6 Å². The summed E-state index contributed by atoms with van der Waals surface area (Å²) in [6, 6.07) is 27.8. The molecule has 0 aliphatic rings. The third-order valence-corrected chi connectivity index (χ3v) is 5.04. The van der Waals surface area contributed by atoms with Crippen LogP contribution in [-0.2, 0) is 5.41 Å². The Labute approximate surface area is 165 Å². The van der Waals surface area contributed by atoms with Crippen LogP contribution in [0.4, 0.5) is 15.8 Å². The molecule has 0 radical (unpaired) electrons. The molecule has 0 aliphatic carbocycles. The van der Waals surface area contributed by atoms with Crippen molar-refractivity contribution in [3.05, 3.63) is 96.3 Å². The maximum Gasteiger partial charge on any atom is 0.125 e. The zero-order valence-corrected chi connectivity index (χ0v) is 16.5. The van der Waals surface area contributed by atoms with E-state index >= 15 is 0 Å². The van der Waals surface area contributed by atoms with Gasteiger partial charge < -0.3 is 5.32 Å². The van der Waals surface area contributed by atoms with E-state index in [1.807, 2.05) is 42.5 Å². The van der Waals surface area contributed by atoms with Crippen molar-refractivity contribution < 1.29 is 4.39 Å². The molecule has 2 heteroatoms. The average Bonchev–Trinajstić information content (AvgIpc) is 2.67. The molecule has 0 atom stereocenters. The molecule has 4 aromatic rings. The van der Waals surface area contributed by atoms with Crippen molar-refractivity contribution >= 4 is 22.1 Å². The van der Waals surface area contributed by atoms with E-state index < -0.39 is 0 Å². The third-order valence-electron chi connectivity index (χ3n) is 5.04. The lowest BCUT2D eigenvalue weighted by Gasteiger charge is -2.19. The molecule has 0 saturated heterocycles. The molecule has 0 aromatic heterocycles. The van der Waals surface area contributed by atoms with E-state index in [0.717, 1.165) is 33.3 Å². The van der Waals surface area contributed by atoms with Crippen LogP contribution in [0, 0.1) is 5.82 Å². The number of hydrogen-bond donors (Lipinski definition) is 1. The smallest absolute Gasteiger partial charge is 0.125 e. The van der Waals surface area contributed by atoms with Crippen molar-refractivity contribution in [2.45, 2.75) is 26.2 Å². The number of hydrogen-bond acceptors (Lipinski definition) is 1. The first kappa shape index (κ1) is 18.2. The highest BCUT2D eigenvalue weighted by atomic mass is 19.1. The van der Waals surface area contributed by atoms with Gasteiger partial charge in [0.25, 0.3) is 0 Å². The fourth-order valence-electron chi connectivity index (χ4n) is 3.51. The van der Waals surface area contributed by atoms with E-state index in [2.05, 4.69) is 56.4 Å². The normalized spacial score (nSPS) is 11.6. The van der Waals surface area contributed by atoms with Crippen LogP contribution in [0.1, 0.15) is 26.3 Å². The molecule has 0 fully saturated rings. The monoisotopic (exact) mass is 369 g/mol. The van der Waals surface area contributed by atoms with Crippen molar-refractivity contribution in [3.63, 3.8) is 0 Å². The number of benzene rings is 4. The first-order chi connectivity index (χ1) is 13.4. The molecular formula is C26H24FN. The van der Waals surface area contributed by atoms with E-state index in [9.17, 15) is 4.39 Å². The molecular weight excluding hydrogens is 345 g/mol. The largest absolute Gasteiger partial charge is 0.355 e. The van der Waals surface area contributed by atoms with Crippen molar-refractivity contribution in [1.29, 1.82) is 0 Å². The molecule has 4 rings (SSSR count). The summed E-state index contributed by atoms with van der Waals surface area (Å²) in [6.07, 6.45) is 0. The quantitative estimate of drug-likeness (QED) is 0.390. The summed E-state index contributed by atoms with van der Waals surface area (Å²) in [5, 5.41) is 5.61. The molecule has 1 nitrogen and oxygen atoms in total. The highest BCUT2D eigenvalue weighted by molar-refractivity contribution is 5.97. The Morgan fingerprint density at radius 1 is 0.714 bits per heavy atom. The van der Waals surface area contributed by atoms with Gasteiger partial charge in [0.15, 0.2) is 0 Å². The van der Waals surface area contributed by atoms with Gasteiger partial charge >= 0.3 is 0 Å². The summed E-state index contributed by atoms with van der Waals surface area (Å²) < 4.78 is 14.4. The summed E-state index contributed by atoms with van der Waals surface area (Å²) in [7, 11) is 0. The number of fused-ring (bicyclic) bond motifs is 1. The number of rotatable bonds is 3. The molecule has 0 bridgehead atoms. The first-order valence-corrected chi connectivity index (χ1v) is 9.56. The zero-order chi connectivity index (χ0) is 19.7. The van der Waals surface area contributed by atoms with Crippen LogP contribution >= 0.6 is 0 Å². The predicted molar refractivity (Wildman–Crippen MR) is 118 cm³/mol. The second-order valence-electron chi connectivity index (χ2n) is 8.21. The molecule has 0 heterocycles. The van der Waals surface area contributed by atoms with Gasteiger partial charge in [-0.2, -0.15) is 0 Å². The molecule has 0 saturated carbocycles. The molecule has 28 heavy (non-hydrogen) atoms. The Kier molecular flexibility index (Phi) is 4.64. The van der Waals surface area contributed by atoms with Gasteiger partial charge in [0.1, 0.15) is 5.82 Å². The number of halogens is 1. The minimum atomic E-state index is -0.251. The summed E-state index contributed by atoms with van der Waals surface area (Å²) in [5.41, 5.74) is 4.97. The van der Waals surface area contributed by atoms with Gasteiger partial charge in [-0.3, -0.25) is 0 Å². The Balaban J connectivity index is 1.70. The van der Waals surface area contributed by atoms with E-state index in [4.69, 9.17) is 0 Å². The maximum atomic E-state index is 14.4. The lowest BCUT2D eigenvalue weighted by molar-refractivity contribution is 0.590. The van der Waals surface area contributed by atoms with Gasteiger partial charge in [0.2, 0.25) is 0 Å². The zero-order valence-electron chi connectivity index (χ0n) is 16.5. The summed E-state index contributed by atoms with van der Waals surface area (Å²) in [5.74, 6) is -0.251. The van der Waals surface area contributed by atoms with Crippen LogP contribution in [-0.4, -0.2) is 0 Å². The van der Waals surface area contributed by atoms with Crippen LogP contribution < -0.4 is 5.32 Å². The lowest BCUT2D eigenvalue weighted by Crippen LogP contribution is -2.10. The van der Waals surface area contributed by atoms with Crippen molar-refractivity contribution in [1.82, 2.24) is 0 Å². The van der Waals surface area contributed by atoms with Crippen LogP contribution in [0.25, 0.3) is 21.9 Å². The second-order valence-corrected chi connectivity index (χ2v) is 8.21. The lowest BCUT2D eigenvalue weighted by atomic mass is 9.87. The van der Waals surface area contributed by atoms with Crippen molar-refractivity contribution in [2.75, 3.05) is 5.32 Å². The summed E-state index contributed by atoms with van der Waals surface area (Å²) in [6.45, 7) is 6.58. The van der Waals surface area contributed by atoms with Gasteiger partial charge in [-0.15, -0.1) is 0 Å². The number of anilines is 2. The average molecular weight is 369 g/mol. The van der Waals surface area contributed by atoms with Gasteiger partial charge in [-0.05, 0) is 63.2 Å². The molecule has 140 valence electrons. The molecule has 0 unspecified atom stereocenters. The second kappa shape index (κ2) is 7.12. The standard InChI is InChI=1S/C26H24FN/c1-26(2,3)20-11-13-22(14-12-20)28-23-16-19(15-21(27)17-23)25-10-6-8-18-7-4-5-9-24(18)25/h4-17,28H,1-3H3. The highest BCUT2D eigenvalue weighted by Gasteiger charge is 2.13. The maximum absolute atomic E-state index is 14.4. The van der Waals surface area contributed by atoms with Gasteiger partial charge in [-0.1, -0.05) is 75.4 Å². The third kappa shape index (κ3) is 3.77. The molecule has 0 spiro atoms. The molecule has 4 aromatic carbocycles. The Morgan fingerprint density at radius 2 is 1.43 bits per heavy atom. The van der Waals surface area contributed by atoms with Gasteiger partial charge in [-0.25, -0.2) is 4.39 Å². The number of nitrogens with one attached hydrogen (secondary N) is 1. The van der Waals surface area contributed by atoms with Crippen LogP contribution in [0.3, 0.4) is 0 Å². The fourth-order valence-corrected chi connectivity index (χ4v) is 3.51. The van der Waals surface area contributed by atoms with Crippen LogP contribution in [0.5, 0.6) is 0 Å². The Hall–Kier alpha value is -3.13.